The highest BCUT2D eigenvalue weighted by Gasteiger charge is 2.42. The van der Waals surface area contributed by atoms with Crippen LogP contribution in [-0.2, 0) is 13.3 Å². The first-order valence-electron chi connectivity index (χ1n) is 5.81. The van der Waals surface area contributed by atoms with E-state index in [1.54, 1.807) is 0 Å². The van der Waals surface area contributed by atoms with Gasteiger partial charge in [0, 0.05) is 45.0 Å². The van der Waals surface area contributed by atoms with E-state index in [1.165, 1.54) is 0 Å². The second kappa shape index (κ2) is 9.09. The first-order chi connectivity index (χ1) is 7.67. The average Bonchev–Trinajstić information content (AvgIpc) is 2.27. The molecule has 0 unspecified atom stereocenters. The van der Waals surface area contributed by atoms with Crippen molar-refractivity contribution < 1.29 is 23.5 Å². The third-order valence-corrected chi connectivity index (χ3v) is 5.41. The molecule has 0 amide bonds. The van der Waals surface area contributed by atoms with Crippen LogP contribution in [0, 0.1) is 5.92 Å². The van der Waals surface area contributed by atoms with Gasteiger partial charge in [-0.05, 0) is 20.8 Å². The number of aliphatic hydroxyl groups is 2. The van der Waals surface area contributed by atoms with Crippen LogP contribution < -0.4 is 0 Å². The number of aliphatic hydroxyl groups excluding tert-OH is 2. The molecule has 0 aliphatic heterocycles. The molecule has 0 aliphatic rings. The quantitative estimate of drug-likeness (QED) is 0.558. The van der Waals surface area contributed by atoms with Gasteiger partial charge in [0.05, 0.1) is 0 Å². The van der Waals surface area contributed by atoms with Crippen molar-refractivity contribution in [3.8, 4) is 0 Å². The van der Waals surface area contributed by atoms with Gasteiger partial charge in [-0.2, -0.15) is 0 Å². The van der Waals surface area contributed by atoms with Gasteiger partial charge in [-0.1, -0.05) is 0 Å². The Morgan fingerprint density at radius 3 is 1.50 bits per heavy atom. The third-order valence-electron chi connectivity index (χ3n) is 2.15. The molecule has 5 nitrogen and oxygen atoms in total. The van der Waals surface area contributed by atoms with Crippen molar-refractivity contribution in [1.82, 2.24) is 0 Å². The highest BCUT2D eigenvalue weighted by molar-refractivity contribution is 6.60. The van der Waals surface area contributed by atoms with E-state index in [-0.39, 0.29) is 19.1 Å². The summed E-state index contributed by atoms with van der Waals surface area (Å²) in [4.78, 5) is 0. The molecule has 0 saturated heterocycles. The first-order valence-corrected chi connectivity index (χ1v) is 7.74. The van der Waals surface area contributed by atoms with E-state index in [2.05, 4.69) is 0 Å². The molecular formula is C10H24O5Si. The van der Waals surface area contributed by atoms with Crippen LogP contribution >= 0.6 is 0 Å². The Morgan fingerprint density at radius 1 is 0.875 bits per heavy atom. The standard InChI is InChI=1S/C10H24O5Si/c1-4-13-16(14-5-2,15-6-3)9-10(7-11)8-12/h10-12H,4-9H2,1-3H3. The number of hydrogen-bond acceptors (Lipinski definition) is 5. The predicted octanol–water partition coefficient (Wildman–Crippen LogP) is 0.636. The van der Waals surface area contributed by atoms with Crippen LogP contribution in [0.3, 0.4) is 0 Å². The largest absolute Gasteiger partial charge is 0.501 e. The van der Waals surface area contributed by atoms with Crippen LogP contribution in [-0.4, -0.2) is 52.1 Å². The van der Waals surface area contributed by atoms with Gasteiger partial charge >= 0.3 is 8.80 Å². The van der Waals surface area contributed by atoms with Crippen molar-refractivity contribution in [2.75, 3.05) is 33.0 Å². The second-order valence-corrected chi connectivity index (χ2v) is 6.06. The molecule has 0 rings (SSSR count). The monoisotopic (exact) mass is 252 g/mol. The molecule has 0 aromatic rings. The van der Waals surface area contributed by atoms with Crippen LogP contribution in [0.1, 0.15) is 20.8 Å². The van der Waals surface area contributed by atoms with Gasteiger partial charge in [-0.25, -0.2) is 0 Å². The molecule has 98 valence electrons. The van der Waals surface area contributed by atoms with E-state index in [0.717, 1.165) is 0 Å². The van der Waals surface area contributed by atoms with Crippen molar-refractivity contribution in [2.45, 2.75) is 26.8 Å². The Labute approximate surface area is 98.7 Å². The minimum Gasteiger partial charge on any atom is -0.396 e. The summed E-state index contributed by atoms with van der Waals surface area (Å²) in [6.45, 7) is 7.00. The molecule has 0 heterocycles. The normalized spacial score (nSPS) is 12.4. The predicted molar refractivity (Wildman–Crippen MR) is 63.1 cm³/mol. The zero-order valence-electron chi connectivity index (χ0n) is 10.4. The Kier molecular flexibility index (Phi) is 9.10. The molecule has 0 atom stereocenters. The molecule has 0 radical (unpaired) electrons. The summed E-state index contributed by atoms with van der Waals surface area (Å²) < 4.78 is 16.9. The Morgan fingerprint density at radius 2 is 1.25 bits per heavy atom. The van der Waals surface area contributed by atoms with Gasteiger partial charge in [-0.3, -0.25) is 0 Å². The summed E-state index contributed by atoms with van der Waals surface area (Å²) >= 11 is 0. The fourth-order valence-corrected chi connectivity index (χ4v) is 4.39. The fourth-order valence-electron chi connectivity index (χ4n) is 1.50. The topological polar surface area (TPSA) is 68.2 Å². The van der Waals surface area contributed by atoms with Crippen molar-refractivity contribution in [1.29, 1.82) is 0 Å². The lowest BCUT2D eigenvalue weighted by molar-refractivity contribution is 0.0569. The maximum Gasteiger partial charge on any atom is 0.501 e. The molecule has 0 aliphatic carbocycles. The van der Waals surface area contributed by atoms with Crippen molar-refractivity contribution in [3.63, 3.8) is 0 Å². The summed E-state index contributed by atoms with van der Waals surface area (Å²) in [7, 11) is -2.72. The van der Waals surface area contributed by atoms with Crippen molar-refractivity contribution in [2.24, 2.45) is 5.92 Å². The molecular weight excluding hydrogens is 228 g/mol. The highest BCUT2D eigenvalue weighted by Crippen LogP contribution is 2.21. The molecule has 0 fully saturated rings. The third kappa shape index (κ3) is 5.38. The van der Waals surface area contributed by atoms with Gasteiger partial charge in [0.25, 0.3) is 0 Å². The van der Waals surface area contributed by atoms with E-state index in [9.17, 15) is 0 Å². The van der Waals surface area contributed by atoms with Gasteiger partial charge in [-0.15, -0.1) is 0 Å². The maximum atomic E-state index is 9.09. The molecule has 6 heteroatoms. The molecule has 0 saturated carbocycles. The molecule has 0 aromatic carbocycles. The SMILES string of the molecule is CCO[Si](CC(CO)CO)(OCC)OCC. The van der Waals surface area contributed by atoms with E-state index in [1.807, 2.05) is 20.8 Å². The summed E-state index contributed by atoms with van der Waals surface area (Å²) in [5, 5.41) is 18.2. The number of hydrogen-bond donors (Lipinski definition) is 2. The first kappa shape index (κ1) is 16.0. The fraction of sp³-hybridized carbons (Fsp3) is 1.00. The lowest BCUT2D eigenvalue weighted by atomic mass is 10.2. The zero-order chi connectivity index (χ0) is 12.4. The number of rotatable bonds is 10. The van der Waals surface area contributed by atoms with E-state index in [4.69, 9.17) is 23.5 Å². The van der Waals surface area contributed by atoms with Gasteiger partial charge in [0.2, 0.25) is 0 Å². The minimum atomic E-state index is -2.72. The van der Waals surface area contributed by atoms with Crippen LogP contribution in [0.2, 0.25) is 6.04 Å². The molecule has 16 heavy (non-hydrogen) atoms. The van der Waals surface area contributed by atoms with Crippen molar-refractivity contribution in [3.05, 3.63) is 0 Å². The van der Waals surface area contributed by atoms with E-state index < -0.39 is 8.80 Å². The van der Waals surface area contributed by atoms with Crippen molar-refractivity contribution >= 4 is 8.80 Å². The Bertz CT molecular complexity index is 146. The lowest BCUT2D eigenvalue weighted by Gasteiger charge is -2.30. The van der Waals surface area contributed by atoms with Gasteiger partial charge < -0.3 is 23.5 Å². The summed E-state index contributed by atoms with van der Waals surface area (Å²) in [5.74, 6) is -0.240. The Balaban J connectivity index is 4.56. The molecule has 2 N–H and O–H groups in total. The van der Waals surface area contributed by atoms with E-state index >= 15 is 0 Å². The maximum absolute atomic E-state index is 9.09. The average molecular weight is 252 g/mol. The summed E-state index contributed by atoms with van der Waals surface area (Å²) in [6.07, 6.45) is 0. The van der Waals surface area contributed by atoms with Gasteiger partial charge in [0.1, 0.15) is 0 Å². The van der Waals surface area contributed by atoms with Crippen LogP contribution in [0.5, 0.6) is 0 Å². The minimum absolute atomic E-state index is 0.0848. The van der Waals surface area contributed by atoms with Crippen LogP contribution in [0.25, 0.3) is 0 Å². The van der Waals surface area contributed by atoms with Gasteiger partial charge in [0.15, 0.2) is 0 Å². The highest BCUT2D eigenvalue weighted by atomic mass is 28.4. The smallest absolute Gasteiger partial charge is 0.396 e. The van der Waals surface area contributed by atoms with Crippen LogP contribution in [0.15, 0.2) is 0 Å². The summed E-state index contributed by atoms with van der Waals surface area (Å²) in [6, 6.07) is 0.454. The zero-order valence-corrected chi connectivity index (χ0v) is 11.4. The molecule has 0 bridgehead atoms. The summed E-state index contributed by atoms with van der Waals surface area (Å²) in [5.41, 5.74) is 0. The molecule has 0 aromatic heterocycles. The Hall–Kier alpha value is 0.0169. The lowest BCUT2D eigenvalue weighted by Crippen LogP contribution is -2.48. The molecule has 0 spiro atoms. The van der Waals surface area contributed by atoms with Crippen LogP contribution in [0.4, 0.5) is 0 Å². The van der Waals surface area contributed by atoms with E-state index in [0.29, 0.717) is 25.9 Å². The second-order valence-electron chi connectivity index (χ2n) is 3.42.